The Morgan fingerprint density at radius 2 is 2.13 bits per heavy atom. The molecule has 2 unspecified atom stereocenters. The molecule has 2 N–H and O–H groups in total. The summed E-state index contributed by atoms with van der Waals surface area (Å²) in [6, 6.07) is 8.66. The minimum atomic E-state index is -0.659. The fraction of sp³-hybridized carbons (Fsp3) is 0.455. The number of carbonyl (C=O) groups excluding carboxylic acids is 2. The van der Waals surface area contributed by atoms with Gasteiger partial charge in [-0.2, -0.15) is 0 Å². The summed E-state index contributed by atoms with van der Waals surface area (Å²) in [5.74, 6) is -0.969. The van der Waals surface area contributed by atoms with Gasteiger partial charge in [0.05, 0.1) is 22.5 Å². The van der Waals surface area contributed by atoms with Crippen molar-refractivity contribution in [3.8, 4) is 0 Å². The molecule has 2 amide bonds. The molecule has 2 aromatic rings. The van der Waals surface area contributed by atoms with Crippen LogP contribution in [0.4, 0.5) is 10.7 Å². The third kappa shape index (κ3) is 4.05. The van der Waals surface area contributed by atoms with E-state index >= 15 is 0 Å². The molecule has 7 nitrogen and oxygen atoms in total. The van der Waals surface area contributed by atoms with E-state index in [0.29, 0.717) is 30.3 Å². The number of ether oxygens (including phenoxy) is 2. The molecule has 0 bridgehead atoms. The lowest BCUT2D eigenvalue weighted by atomic mass is 9.96. The van der Waals surface area contributed by atoms with Gasteiger partial charge >= 0.3 is 0 Å². The summed E-state index contributed by atoms with van der Waals surface area (Å²) in [6.45, 7) is 4.53. The quantitative estimate of drug-likeness (QED) is 0.731. The van der Waals surface area contributed by atoms with Gasteiger partial charge in [0.25, 0.3) is 0 Å². The van der Waals surface area contributed by atoms with E-state index in [9.17, 15) is 9.59 Å². The maximum atomic E-state index is 13.4. The number of hydrogen-bond donors (Lipinski definition) is 2. The first-order valence-electron chi connectivity index (χ1n) is 10.4. The Hall–Kier alpha value is -2.13. The van der Waals surface area contributed by atoms with Crippen molar-refractivity contribution in [2.45, 2.75) is 50.7 Å². The van der Waals surface area contributed by atoms with Gasteiger partial charge in [0.1, 0.15) is 18.2 Å². The molecule has 0 radical (unpaired) electrons. The van der Waals surface area contributed by atoms with Gasteiger partial charge in [-0.3, -0.25) is 9.59 Å². The summed E-state index contributed by atoms with van der Waals surface area (Å²) >= 11 is 7.47. The molecule has 3 aliphatic rings. The number of nitrogens with zero attached hydrogens (tertiary/aromatic N) is 1. The Morgan fingerprint density at radius 1 is 1.32 bits per heavy atom. The van der Waals surface area contributed by atoms with Gasteiger partial charge in [-0.05, 0) is 37.1 Å². The second kappa shape index (κ2) is 7.78. The maximum Gasteiger partial charge on any atom is 0.250 e. The van der Waals surface area contributed by atoms with Crippen LogP contribution in [0, 0.1) is 0 Å². The number of benzene rings is 1. The van der Waals surface area contributed by atoms with Crippen LogP contribution < -0.4 is 15.5 Å². The molecule has 3 atom stereocenters. The summed E-state index contributed by atoms with van der Waals surface area (Å²) in [7, 11) is 0. The first-order chi connectivity index (χ1) is 14.8. The van der Waals surface area contributed by atoms with Crippen molar-refractivity contribution in [2.24, 2.45) is 0 Å². The molecule has 0 saturated carbocycles. The Bertz CT molecular complexity index is 1020. The largest absolute Gasteiger partial charge is 0.365 e. The van der Waals surface area contributed by atoms with Crippen LogP contribution in [0.25, 0.3) is 0 Å². The Kier molecular flexibility index (Phi) is 5.21. The van der Waals surface area contributed by atoms with Crippen LogP contribution in [-0.2, 0) is 31.9 Å². The van der Waals surface area contributed by atoms with Crippen molar-refractivity contribution in [3.63, 3.8) is 0 Å². The SMILES string of the molecule is CC1(C)OC[C@@H](CN2C(=O)C(NC(=O)C3Cc4cc(Cl)sc4N3)Cc3ccccc32)O1. The number of fused-ring (bicyclic) bond motifs is 2. The topological polar surface area (TPSA) is 79.9 Å². The molecule has 0 aliphatic carbocycles. The molecule has 1 aromatic heterocycles. The lowest BCUT2D eigenvalue weighted by molar-refractivity contribution is -0.138. The van der Waals surface area contributed by atoms with Crippen LogP contribution >= 0.6 is 22.9 Å². The highest BCUT2D eigenvalue weighted by molar-refractivity contribution is 7.20. The van der Waals surface area contributed by atoms with Crippen molar-refractivity contribution >= 4 is 45.4 Å². The van der Waals surface area contributed by atoms with Crippen LogP contribution in [0.1, 0.15) is 25.0 Å². The summed E-state index contributed by atoms with van der Waals surface area (Å²) < 4.78 is 12.3. The van der Waals surface area contributed by atoms with Gasteiger partial charge in [0, 0.05) is 18.5 Å². The van der Waals surface area contributed by atoms with Crippen LogP contribution in [0.5, 0.6) is 0 Å². The molecule has 0 spiro atoms. The molecule has 4 heterocycles. The number of carbonyl (C=O) groups is 2. The Labute approximate surface area is 189 Å². The fourth-order valence-corrected chi connectivity index (χ4v) is 5.68. The molecule has 9 heteroatoms. The highest BCUT2D eigenvalue weighted by atomic mass is 35.5. The van der Waals surface area contributed by atoms with Gasteiger partial charge in [0.2, 0.25) is 11.8 Å². The van der Waals surface area contributed by atoms with Crippen LogP contribution in [0.15, 0.2) is 30.3 Å². The molecule has 31 heavy (non-hydrogen) atoms. The van der Waals surface area contributed by atoms with E-state index in [1.54, 1.807) is 4.90 Å². The molecule has 164 valence electrons. The zero-order valence-electron chi connectivity index (χ0n) is 17.3. The minimum absolute atomic E-state index is 0.129. The number of rotatable bonds is 4. The predicted molar refractivity (Wildman–Crippen MR) is 120 cm³/mol. The van der Waals surface area contributed by atoms with E-state index in [-0.39, 0.29) is 17.9 Å². The van der Waals surface area contributed by atoms with E-state index in [4.69, 9.17) is 21.1 Å². The molecule has 1 fully saturated rings. The van der Waals surface area contributed by atoms with E-state index < -0.39 is 17.9 Å². The normalized spacial score (nSPS) is 26.4. The predicted octanol–water partition coefficient (Wildman–Crippen LogP) is 2.96. The smallest absolute Gasteiger partial charge is 0.250 e. The van der Waals surface area contributed by atoms with Crippen molar-refractivity contribution in [3.05, 3.63) is 45.8 Å². The number of amides is 2. The van der Waals surface area contributed by atoms with Crippen LogP contribution in [0.3, 0.4) is 0 Å². The van der Waals surface area contributed by atoms with Crippen molar-refractivity contribution in [2.75, 3.05) is 23.4 Å². The first-order valence-corrected chi connectivity index (χ1v) is 11.5. The fourth-order valence-electron chi connectivity index (χ4n) is 4.45. The van der Waals surface area contributed by atoms with Crippen molar-refractivity contribution in [1.82, 2.24) is 5.32 Å². The van der Waals surface area contributed by atoms with Crippen molar-refractivity contribution < 1.29 is 19.1 Å². The van der Waals surface area contributed by atoms with Crippen LogP contribution in [-0.4, -0.2) is 48.9 Å². The molecular weight excluding hydrogens is 438 g/mol. The Balaban J connectivity index is 1.31. The third-order valence-corrected chi connectivity index (χ3v) is 7.10. The lowest BCUT2D eigenvalue weighted by Crippen LogP contribution is -2.56. The number of para-hydroxylation sites is 1. The van der Waals surface area contributed by atoms with E-state index in [0.717, 1.165) is 21.8 Å². The second-order valence-electron chi connectivity index (χ2n) is 8.60. The van der Waals surface area contributed by atoms with Gasteiger partial charge in [0.15, 0.2) is 5.79 Å². The average Bonchev–Trinajstić information content (AvgIpc) is 3.37. The lowest BCUT2D eigenvalue weighted by Gasteiger charge is -2.36. The number of nitrogens with one attached hydrogen (secondary N) is 2. The van der Waals surface area contributed by atoms with Gasteiger partial charge < -0.3 is 25.0 Å². The molecular formula is C22H24ClN3O4S. The van der Waals surface area contributed by atoms with E-state index in [2.05, 4.69) is 10.6 Å². The molecule has 1 aromatic carbocycles. The number of thiophene rings is 1. The summed E-state index contributed by atoms with van der Waals surface area (Å²) in [5.41, 5.74) is 2.93. The molecule has 5 rings (SSSR count). The Morgan fingerprint density at radius 3 is 2.87 bits per heavy atom. The van der Waals surface area contributed by atoms with Gasteiger partial charge in [-0.1, -0.05) is 29.8 Å². The van der Waals surface area contributed by atoms with E-state index in [1.165, 1.54) is 11.3 Å². The zero-order chi connectivity index (χ0) is 21.8. The number of hydrogen-bond acceptors (Lipinski definition) is 6. The van der Waals surface area contributed by atoms with Crippen LogP contribution in [0.2, 0.25) is 4.34 Å². The maximum absolute atomic E-state index is 13.4. The van der Waals surface area contributed by atoms with Crippen molar-refractivity contribution in [1.29, 1.82) is 0 Å². The first kappa shape index (κ1) is 20.8. The highest BCUT2D eigenvalue weighted by Gasteiger charge is 2.40. The molecule has 3 aliphatic heterocycles. The van der Waals surface area contributed by atoms with Gasteiger partial charge in [-0.15, -0.1) is 11.3 Å². The zero-order valence-corrected chi connectivity index (χ0v) is 18.9. The minimum Gasteiger partial charge on any atom is -0.365 e. The number of halogens is 1. The molecule has 1 saturated heterocycles. The second-order valence-corrected chi connectivity index (χ2v) is 10.3. The summed E-state index contributed by atoms with van der Waals surface area (Å²) in [4.78, 5) is 28.0. The van der Waals surface area contributed by atoms with E-state index in [1.807, 2.05) is 44.2 Å². The van der Waals surface area contributed by atoms with Gasteiger partial charge in [-0.25, -0.2) is 0 Å². The monoisotopic (exact) mass is 461 g/mol. The summed E-state index contributed by atoms with van der Waals surface area (Å²) in [6.07, 6.45) is 0.803. The average molecular weight is 462 g/mol. The highest BCUT2D eigenvalue weighted by Crippen LogP contribution is 2.37. The number of anilines is 2. The third-order valence-electron chi connectivity index (χ3n) is 5.87. The summed E-state index contributed by atoms with van der Waals surface area (Å²) in [5, 5.41) is 7.11. The standard InChI is InChI=1S/C22H24ClN3O4S/c1-22(2)29-11-14(30-22)10-26-17-6-4-3-5-12(17)7-16(21(26)28)24-19(27)15-8-13-9-18(23)31-20(13)25-15/h3-6,9,14-16,25H,7-8,10-11H2,1-2H3,(H,24,27)/t14-,15?,16?/m1/s1.